The highest BCUT2D eigenvalue weighted by molar-refractivity contribution is 8.00. The van der Waals surface area contributed by atoms with E-state index in [1.54, 1.807) is 25.1 Å². The number of ether oxygens (including phenoxy) is 1. The zero-order valence-electron chi connectivity index (χ0n) is 15.0. The van der Waals surface area contributed by atoms with Crippen LogP contribution in [0, 0.1) is 13.8 Å². The van der Waals surface area contributed by atoms with Gasteiger partial charge in [0.15, 0.2) is 0 Å². The predicted octanol–water partition coefficient (Wildman–Crippen LogP) is 4.60. The third kappa shape index (κ3) is 5.36. The fourth-order valence-electron chi connectivity index (χ4n) is 2.21. The van der Waals surface area contributed by atoms with Gasteiger partial charge in [-0.05, 0) is 57.5 Å². The van der Waals surface area contributed by atoms with Crippen molar-refractivity contribution in [3.05, 3.63) is 59.2 Å². The van der Waals surface area contributed by atoms with E-state index in [1.165, 1.54) is 17.3 Å². The number of thioether (sulfide) groups is 1. The van der Waals surface area contributed by atoms with E-state index in [0.717, 1.165) is 10.5 Å². The summed E-state index contributed by atoms with van der Waals surface area (Å²) >= 11 is 1.50. The molecule has 132 valence electrons. The Kier molecular flexibility index (Phi) is 6.65. The summed E-state index contributed by atoms with van der Waals surface area (Å²) < 4.78 is 5.01. The van der Waals surface area contributed by atoms with Crippen molar-refractivity contribution in [2.24, 2.45) is 0 Å². The highest BCUT2D eigenvalue weighted by Crippen LogP contribution is 2.25. The first-order valence-electron chi connectivity index (χ1n) is 8.22. The Balaban J connectivity index is 2.07. The molecule has 1 atom stereocenters. The number of hydrogen-bond donors (Lipinski definition) is 1. The van der Waals surface area contributed by atoms with Gasteiger partial charge >= 0.3 is 5.97 Å². The van der Waals surface area contributed by atoms with Crippen LogP contribution >= 0.6 is 11.8 Å². The average Bonchev–Trinajstić information content (AvgIpc) is 2.59. The quantitative estimate of drug-likeness (QED) is 0.606. The minimum absolute atomic E-state index is 0.102. The van der Waals surface area contributed by atoms with Gasteiger partial charge in [-0.2, -0.15) is 0 Å². The molecule has 0 saturated heterocycles. The third-order valence-electron chi connectivity index (χ3n) is 3.71. The molecule has 2 aromatic carbocycles. The molecule has 0 aromatic heterocycles. The maximum absolute atomic E-state index is 12.5. The van der Waals surface area contributed by atoms with Gasteiger partial charge in [-0.25, -0.2) is 4.79 Å². The highest BCUT2D eigenvalue weighted by atomic mass is 32.2. The van der Waals surface area contributed by atoms with Crippen molar-refractivity contribution >= 4 is 29.3 Å². The topological polar surface area (TPSA) is 55.4 Å². The van der Waals surface area contributed by atoms with Crippen molar-refractivity contribution in [2.75, 3.05) is 11.9 Å². The van der Waals surface area contributed by atoms with Crippen LogP contribution in [0.2, 0.25) is 0 Å². The Morgan fingerprint density at radius 2 is 1.80 bits per heavy atom. The van der Waals surface area contributed by atoms with Crippen LogP contribution in [0.3, 0.4) is 0 Å². The van der Waals surface area contributed by atoms with Crippen molar-refractivity contribution in [3.63, 3.8) is 0 Å². The number of hydrogen-bond acceptors (Lipinski definition) is 4. The summed E-state index contributed by atoms with van der Waals surface area (Å²) in [5.74, 6) is -0.491. The molecule has 0 radical (unpaired) electrons. The lowest BCUT2D eigenvalue weighted by atomic mass is 10.1. The van der Waals surface area contributed by atoms with Crippen molar-refractivity contribution in [1.29, 1.82) is 0 Å². The van der Waals surface area contributed by atoms with E-state index in [-0.39, 0.29) is 17.1 Å². The van der Waals surface area contributed by atoms with Gasteiger partial charge in [0.05, 0.1) is 17.4 Å². The Labute approximate surface area is 153 Å². The number of rotatable bonds is 6. The van der Waals surface area contributed by atoms with Crippen molar-refractivity contribution < 1.29 is 14.3 Å². The lowest BCUT2D eigenvalue weighted by Gasteiger charge is -2.14. The zero-order chi connectivity index (χ0) is 18.4. The number of anilines is 1. The maximum atomic E-state index is 12.5. The molecule has 0 aliphatic rings. The molecular weight excluding hydrogens is 334 g/mol. The van der Waals surface area contributed by atoms with Crippen LogP contribution in [0.25, 0.3) is 0 Å². The summed E-state index contributed by atoms with van der Waals surface area (Å²) in [6, 6.07) is 13.2. The van der Waals surface area contributed by atoms with Crippen LogP contribution in [0.5, 0.6) is 0 Å². The molecule has 25 heavy (non-hydrogen) atoms. The largest absolute Gasteiger partial charge is 0.462 e. The molecule has 0 heterocycles. The molecule has 1 unspecified atom stereocenters. The molecule has 1 amide bonds. The minimum atomic E-state index is -0.389. The molecule has 5 heteroatoms. The normalized spacial score (nSPS) is 11.7. The van der Waals surface area contributed by atoms with Gasteiger partial charge in [0.2, 0.25) is 5.91 Å². The molecule has 0 aliphatic heterocycles. The number of esters is 1. The van der Waals surface area contributed by atoms with Gasteiger partial charge < -0.3 is 10.1 Å². The fraction of sp³-hybridized carbons (Fsp3) is 0.300. The summed E-state index contributed by atoms with van der Waals surface area (Å²) in [6.45, 7) is 7.87. The number of carbonyl (C=O) groups is 2. The smallest absolute Gasteiger partial charge is 0.338 e. The molecule has 0 bridgehead atoms. The average molecular weight is 357 g/mol. The van der Waals surface area contributed by atoms with E-state index >= 15 is 0 Å². The molecule has 0 saturated carbocycles. The minimum Gasteiger partial charge on any atom is -0.462 e. The van der Waals surface area contributed by atoms with Crippen LogP contribution in [0.4, 0.5) is 5.69 Å². The van der Waals surface area contributed by atoms with Crippen LogP contribution in [0.1, 0.15) is 35.3 Å². The molecule has 2 aromatic rings. The van der Waals surface area contributed by atoms with Crippen LogP contribution in [0.15, 0.2) is 47.4 Å². The predicted molar refractivity (Wildman–Crippen MR) is 102 cm³/mol. The summed E-state index contributed by atoms with van der Waals surface area (Å²) in [6.07, 6.45) is 0. The second-order valence-corrected chi connectivity index (χ2v) is 7.23. The lowest BCUT2D eigenvalue weighted by molar-refractivity contribution is -0.115. The van der Waals surface area contributed by atoms with Crippen LogP contribution < -0.4 is 5.32 Å². The first-order valence-corrected chi connectivity index (χ1v) is 9.10. The second kappa shape index (κ2) is 8.72. The summed E-state index contributed by atoms with van der Waals surface area (Å²) in [7, 11) is 0. The number of aryl methyl sites for hydroxylation is 2. The molecule has 2 rings (SSSR count). The molecule has 0 aliphatic carbocycles. The van der Waals surface area contributed by atoms with E-state index in [2.05, 4.69) is 5.32 Å². The van der Waals surface area contributed by atoms with Gasteiger partial charge in [-0.15, -0.1) is 11.8 Å². The summed E-state index contributed by atoms with van der Waals surface area (Å²) in [4.78, 5) is 25.4. The van der Waals surface area contributed by atoms with Crippen molar-refractivity contribution in [1.82, 2.24) is 0 Å². The Morgan fingerprint density at radius 1 is 1.12 bits per heavy atom. The SMILES string of the molecule is CCOC(=O)c1ccc(C)c(NC(=O)C(C)Sc2ccc(C)cc2)c1. The van der Waals surface area contributed by atoms with Gasteiger partial charge in [-0.1, -0.05) is 23.8 Å². The van der Waals surface area contributed by atoms with Gasteiger partial charge in [-0.3, -0.25) is 4.79 Å². The molecule has 1 N–H and O–H groups in total. The Morgan fingerprint density at radius 3 is 2.44 bits per heavy atom. The first kappa shape index (κ1) is 19.1. The summed E-state index contributed by atoms with van der Waals surface area (Å²) in [5, 5.41) is 2.66. The molecule has 0 spiro atoms. The molecule has 4 nitrogen and oxygen atoms in total. The van der Waals surface area contributed by atoms with Crippen molar-refractivity contribution in [3.8, 4) is 0 Å². The Bertz CT molecular complexity index is 756. The van der Waals surface area contributed by atoms with E-state index in [4.69, 9.17) is 4.74 Å². The van der Waals surface area contributed by atoms with Gasteiger partial charge in [0.25, 0.3) is 0 Å². The second-order valence-electron chi connectivity index (χ2n) is 5.81. The molecule has 0 fully saturated rings. The monoisotopic (exact) mass is 357 g/mol. The lowest BCUT2D eigenvalue weighted by Crippen LogP contribution is -2.23. The zero-order valence-corrected chi connectivity index (χ0v) is 15.8. The third-order valence-corrected chi connectivity index (χ3v) is 4.82. The molecular formula is C20H23NO3S. The van der Waals surface area contributed by atoms with Gasteiger partial charge in [0.1, 0.15) is 0 Å². The standard InChI is InChI=1S/C20H23NO3S/c1-5-24-20(23)16-9-8-14(3)18(12-16)21-19(22)15(4)25-17-10-6-13(2)7-11-17/h6-12,15H,5H2,1-4H3,(H,21,22). The highest BCUT2D eigenvalue weighted by Gasteiger charge is 2.16. The fourth-order valence-corrected chi connectivity index (χ4v) is 3.07. The van der Waals surface area contributed by atoms with E-state index in [9.17, 15) is 9.59 Å². The number of nitrogens with one attached hydrogen (secondary N) is 1. The Hall–Kier alpha value is -2.27. The summed E-state index contributed by atoms with van der Waals surface area (Å²) in [5.41, 5.74) is 3.15. The van der Waals surface area contributed by atoms with Crippen LogP contribution in [-0.4, -0.2) is 23.7 Å². The number of carbonyl (C=O) groups excluding carboxylic acids is 2. The maximum Gasteiger partial charge on any atom is 0.338 e. The van der Waals surface area contributed by atoms with E-state index in [1.807, 2.05) is 45.0 Å². The van der Waals surface area contributed by atoms with E-state index < -0.39 is 0 Å². The van der Waals surface area contributed by atoms with E-state index in [0.29, 0.717) is 17.9 Å². The number of benzene rings is 2. The van der Waals surface area contributed by atoms with Crippen LogP contribution in [-0.2, 0) is 9.53 Å². The van der Waals surface area contributed by atoms with Crippen molar-refractivity contribution in [2.45, 2.75) is 37.8 Å². The number of amides is 1. The first-order chi connectivity index (χ1) is 11.9. The van der Waals surface area contributed by atoms with Gasteiger partial charge in [0, 0.05) is 10.6 Å².